The van der Waals surface area contributed by atoms with Crippen molar-refractivity contribution in [1.29, 1.82) is 5.26 Å². The molecule has 14 heavy (non-hydrogen) atoms. The van der Waals surface area contributed by atoms with Gasteiger partial charge in [-0.25, -0.2) is 0 Å². The Morgan fingerprint density at radius 2 is 2.07 bits per heavy atom. The minimum Gasteiger partial charge on any atom is -0.395 e. The molecule has 0 bridgehead atoms. The van der Waals surface area contributed by atoms with Gasteiger partial charge in [0.25, 0.3) is 0 Å². The third-order valence-electron chi connectivity index (χ3n) is 2.08. The van der Waals surface area contributed by atoms with Crippen molar-refractivity contribution in [3.05, 3.63) is 30.3 Å². The third-order valence-corrected chi connectivity index (χ3v) is 2.08. The maximum Gasteiger partial charge on any atom is 0.114 e. The summed E-state index contributed by atoms with van der Waals surface area (Å²) in [5.41, 5.74) is 0.968. The minimum absolute atomic E-state index is 0.0565. The fraction of sp³-hybridized carbons (Fsp3) is 0.364. The van der Waals surface area contributed by atoms with Gasteiger partial charge in [0.1, 0.15) is 6.04 Å². The van der Waals surface area contributed by atoms with E-state index in [9.17, 15) is 0 Å². The zero-order valence-electron chi connectivity index (χ0n) is 8.22. The average Bonchev–Trinajstić information content (AvgIpc) is 2.26. The number of aliphatic hydroxyl groups excluding tert-OH is 1. The first-order chi connectivity index (χ1) is 6.79. The number of para-hydroxylation sites is 1. The monoisotopic (exact) mass is 190 g/mol. The van der Waals surface area contributed by atoms with Crippen LogP contribution in [0.15, 0.2) is 30.3 Å². The number of hydrogen-bond donors (Lipinski definition) is 1. The van der Waals surface area contributed by atoms with E-state index in [2.05, 4.69) is 6.07 Å². The molecule has 0 aliphatic heterocycles. The lowest BCUT2D eigenvalue weighted by Crippen LogP contribution is -2.34. The van der Waals surface area contributed by atoms with E-state index in [1.165, 1.54) is 0 Å². The Morgan fingerprint density at radius 1 is 1.43 bits per heavy atom. The molecule has 1 aromatic carbocycles. The van der Waals surface area contributed by atoms with Gasteiger partial charge in [0.05, 0.1) is 12.7 Å². The fourth-order valence-corrected chi connectivity index (χ4v) is 1.34. The summed E-state index contributed by atoms with van der Waals surface area (Å²) < 4.78 is 0. The number of nitriles is 1. The van der Waals surface area contributed by atoms with Crippen molar-refractivity contribution in [2.45, 2.75) is 13.0 Å². The van der Waals surface area contributed by atoms with E-state index in [0.717, 1.165) is 5.69 Å². The molecule has 0 aromatic heterocycles. The van der Waals surface area contributed by atoms with E-state index in [4.69, 9.17) is 10.4 Å². The Kier molecular flexibility index (Phi) is 3.96. The largest absolute Gasteiger partial charge is 0.395 e. The van der Waals surface area contributed by atoms with Gasteiger partial charge in [-0.05, 0) is 19.1 Å². The van der Waals surface area contributed by atoms with Crippen LogP contribution < -0.4 is 4.90 Å². The number of aliphatic hydroxyl groups is 1. The van der Waals surface area contributed by atoms with Crippen molar-refractivity contribution in [1.82, 2.24) is 0 Å². The molecule has 0 spiro atoms. The van der Waals surface area contributed by atoms with Crippen LogP contribution >= 0.6 is 0 Å². The molecular weight excluding hydrogens is 176 g/mol. The summed E-state index contributed by atoms with van der Waals surface area (Å²) in [6.45, 7) is 2.36. The van der Waals surface area contributed by atoms with Gasteiger partial charge in [-0.3, -0.25) is 0 Å². The van der Waals surface area contributed by atoms with E-state index >= 15 is 0 Å². The van der Waals surface area contributed by atoms with Crippen molar-refractivity contribution < 1.29 is 5.11 Å². The maximum atomic E-state index is 8.89. The molecule has 0 heterocycles. The Balaban J connectivity index is 2.84. The minimum atomic E-state index is -0.218. The van der Waals surface area contributed by atoms with Crippen LogP contribution in [0.4, 0.5) is 5.69 Å². The van der Waals surface area contributed by atoms with Gasteiger partial charge in [0, 0.05) is 12.2 Å². The molecular formula is C11H14N2O. The highest BCUT2D eigenvalue weighted by Crippen LogP contribution is 2.15. The first-order valence-corrected chi connectivity index (χ1v) is 4.61. The van der Waals surface area contributed by atoms with Crippen LogP contribution in [0, 0.1) is 11.3 Å². The summed E-state index contributed by atoms with van der Waals surface area (Å²) in [5, 5.41) is 17.7. The van der Waals surface area contributed by atoms with Gasteiger partial charge >= 0.3 is 0 Å². The zero-order valence-corrected chi connectivity index (χ0v) is 8.22. The fourth-order valence-electron chi connectivity index (χ4n) is 1.34. The Hall–Kier alpha value is -1.53. The summed E-state index contributed by atoms with van der Waals surface area (Å²) in [4.78, 5) is 1.88. The molecule has 1 aromatic rings. The second-order valence-corrected chi connectivity index (χ2v) is 3.06. The highest BCUT2D eigenvalue weighted by atomic mass is 16.3. The van der Waals surface area contributed by atoms with Gasteiger partial charge in [0.2, 0.25) is 0 Å². The maximum absolute atomic E-state index is 8.89. The summed E-state index contributed by atoms with van der Waals surface area (Å²) in [6.07, 6.45) is 0. The average molecular weight is 190 g/mol. The Labute approximate surface area is 84.2 Å². The van der Waals surface area contributed by atoms with E-state index in [-0.39, 0.29) is 12.6 Å². The van der Waals surface area contributed by atoms with Gasteiger partial charge in [0.15, 0.2) is 0 Å². The SMILES string of the molecule is CC(C#N)N(CCO)c1ccccc1. The summed E-state index contributed by atoms with van der Waals surface area (Å²) >= 11 is 0. The number of nitrogens with zero attached hydrogens (tertiary/aromatic N) is 2. The van der Waals surface area contributed by atoms with Crippen molar-refractivity contribution in [3.63, 3.8) is 0 Å². The summed E-state index contributed by atoms with van der Waals surface area (Å²) in [6, 6.07) is 11.6. The van der Waals surface area contributed by atoms with Gasteiger partial charge in [-0.2, -0.15) is 5.26 Å². The highest BCUT2D eigenvalue weighted by molar-refractivity contribution is 5.48. The predicted molar refractivity (Wildman–Crippen MR) is 55.9 cm³/mol. The van der Waals surface area contributed by atoms with Crippen molar-refractivity contribution in [3.8, 4) is 6.07 Å². The van der Waals surface area contributed by atoms with E-state index in [0.29, 0.717) is 6.54 Å². The molecule has 0 saturated carbocycles. The predicted octanol–water partition coefficient (Wildman–Crippen LogP) is 1.40. The molecule has 0 aliphatic carbocycles. The first-order valence-electron chi connectivity index (χ1n) is 4.61. The molecule has 0 amide bonds. The Morgan fingerprint density at radius 3 is 2.57 bits per heavy atom. The van der Waals surface area contributed by atoms with Crippen LogP contribution in [0.5, 0.6) is 0 Å². The lowest BCUT2D eigenvalue weighted by molar-refractivity contribution is 0.300. The molecule has 0 fully saturated rings. The molecule has 1 N–H and O–H groups in total. The topological polar surface area (TPSA) is 47.3 Å². The second kappa shape index (κ2) is 5.25. The van der Waals surface area contributed by atoms with Crippen molar-refractivity contribution in [2.24, 2.45) is 0 Å². The van der Waals surface area contributed by atoms with E-state index in [1.54, 1.807) is 0 Å². The highest BCUT2D eigenvalue weighted by Gasteiger charge is 2.12. The van der Waals surface area contributed by atoms with Crippen LogP contribution in [0.3, 0.4) is 0 Å². The quantitative estimate of drug-likeness (QED) is 0.780. The molecule has 74 valence electrons. The van der Waals surface area contributed by atoms with Crippen molar-refractivity contribution in [2.75, 3.05) is 18.1 Å². The number of benzene rings is 1. The number of rotatable bonds is 4. The molecule has 0 aliphatic rings. The molecule has 3 nitrogen and oxygen atoms in total. The van der Waals surface area contributed by atoms with Crippen LogP contribution in [-0.4, -0.2) is 24.3 Å². The normalized spacial score (nSPS) is 11.8. The summed E-state index contributed by atoms with van der Waals surface area (Å²) in [5.74, 6) is 0. The van der Waals surface area contributed by atoms with Gasteiger partial charge < -0.3 is 10.0 Å². The lowest BCUT2D eigenvalue weighted by atomic mass is 10.2. The van der Waals surface area contributed by atoms with Crippen LogP contribution in [-0.2, 0) is 0 Å². The molecule has 0 saturated heterocycles. The van der Waals surface area contributed by atoms with Crippen molar-refractivity contribution >= 4 is 5.69 Å². The second-order valence-electron chi connectivity index (χ2n) is 3.06. The molecule has 1 unspecified atom stereocenters. The molecule has 1 rings (SSSR count). The third kappa shape index (κ3) is 2.48. The van der Waals surface area contributed by atoms with Crippen LogP contribution in [0.25, 0.3) is 0 Å². The molecule has 1 atom stereocenters. The molecule has 0 radical (unpaired) electrons. The van der Waals surface area contributed by atoms with Crippen LogP contribution in [0.2, 0.25) is 0 Å². The summed E-state index contributed by atoms with van der Waals surface area (Å²) in [7, 11) is 0. The van der Waals surface area contributed by atoms with E-state index < -0.39 is 0 Å². The standard InChI is InChI=1S/C11H14N2O/c1-10(9-12)13(7-8-14)11-5-3-2-4-6-11/h2-6,10,14H,7-8H2,1H3. The first kappa shape index (κ1) is 10.6. The number of hydrogen-bond acceptors (Lipinski definition) is 3. The van der Waals surface area contributed by atoms with E-state index in [1.807, 2.05) is 42.2 Å². The van der Waals surface area contributed by atoms with Gasteiger partial charge in [-0.15, -0.1) is 0 Å². The smallest absolute Gasteiger partial charge is 0.114 e. The van der Waals surface area contributed by atoms with Crippen LogP contribution in [0.1, 0.15) is 6.92 Å². The van der Waals surface area contributed by atoms with Gasteiger partial charge in [-0.1, -0.05) is 18.2 Å². The zero-order chi connectivity index (χ0) is 10.4. The molecule has 3 heteroatoms. The number of anilines is 1. The Bertz CT molecular complexity index is 305. The lowest BCUT2D eigenvalue weighted by Gasteiger charge is -2.26.